The maximum absolute atomic E-state index is 7.21. The molecule has 0 rings (SSSR count). The summed E-state index contributed by atoms with van der Waals surface area (Å²) in [4.78, 5) is 9.07. The largest absolute Gasteiger partial charge is 0.383 e. The van der Waals surface area contributed by atoms with Crippen LogP contribution in [0.4, 0.5) is 0 Å². The number of hydrogen-bond acceptors (Lipinski definition) is 5. The van der Waals surface area contributed by atoms with Crippen LogP contribution in [0.1, 0.15) is 6.92 Å². The first-order valence-electron chi connectivity index (χ1n) is 4.27. The minimum Gasteiger partial charge on any atom is -0.383 e. The Morgan fingerprint density at radius 1 is 1.67 bits per heavy atom. The van der Waals surface area contributed by atoms with E-state index in [2.05, 4.69) is 11.6 Å². The topological polar surface area (TPSA) is 80.7 Å². The van der Waals surface area contributed by atoms with Gasteiger partial charge in [0.1, 0.15) is 5.84 Å². The predicted molar refractivity (Wildman–Crippen MR) is 63.9 cm³/mol. The van der Waals surface area contributed by atoms with Crippen molar-refractivity contribution < 1.29 is 9.22 Å². The summed E-state index contributed by atoms with van der Waals surface area (Å²) in [5, 5.41) is 7.21. The summed E-state index contributed by atoms with van der Waals surface area (Å²) < 4.78 is 4.79. The average Bonchev–Trinajstić information content (AvgIpc) is 2.27. The van der Waals surface area contributed by atoms with Crippen molar-refractivity contribution in [3.63, 3.8) is 0 Å². The molecule has 0 aromatic rings. The van der Waals surface area contributed by atoms with Gasteiger partial charge in [-0.2, -0.15) is 4.33 Å². The van der Waals surface area contributed by atoms with Gasteiger partial charge in [0.25, 0.3) is 0 Å². The highest BCUT2D eigenvalue weighted by Gasteiger charge is 2.07. The molecule has 0 saturated heterocycles. The summed E-state index contributed by atoms with van der Waals surface area (Å²) in [6.07, 6.45) is 2.63. The summed E-state index contributed by atoms with van der Waals surface area (Å²) in [7, 11) is 1.55. The van der Waals surface area contributed by atoms with Crippen LogP contribution in [0, 0.1) is 5.41 Å². The van der Waals surface area contributed by atoms with Crippen LogP contribution in [0.3, 0.4) is 0 Å². The number of rotatable bonds is 7. The molecular weight excluding hydrogens is 214 g/mol. The Kier molecular flexibility index (Phi) is 7.61. The maximum Gasteiger partial charge on any atom is 0.128 e. The van der Waals surface area contributed by atoms with Gasteiger partial charge in [0.15, 0.2) is 0 Å². The third-order valence-corrected chi connectivity index (χ3v) is 2.13. The molecule has 0 aliphatic heterocycles. The molecule has 0 radical (unpaired) electrons. The molecule has 0 aromatic heterocycles. The molecule has 0 aliphatic rings. The Balaban J connectivity index is 4.75. The molecular formula is C9H15N3O2S. The van der Waals surface area contributed by atoms with Gasteiger partial charge in [-0.25, -0.2) is 4.89 Å². The number of hydrogen-bond donors (Lipinski definition) is 2. The van der Waals surface area contributed by atoms with Crippen LogP contribution in [0.5, 0.6) is 0 Å². The van der Waals surface area contributed by atoms with E-state index in [-0.39, 0.29) is 5.84 Å². The van der Waals surface area contributed by atoms with Crippen LogP contribution in [0.15, 0.2) is 28.1 Å². The first-order valence-corrected chi connectivity index (χ1v) is 5.01. The highest BCUT2D eigenvalue weighted by molar-refractivity contribution is 7.98. The lowest BCUT2D eigenvalue weighted by molar-refractivity contribution is -0.184. The maximum atomic E-state index is 7.21. The summed E-state index contributed by atoms with van der Waals surface area (Å²) >= 11 is 0.950. The van der Waals surface area contributed by atoms with Gasteiger partial charge in [0, 0.05) is 18.8 Å². The van der Waals surface area contributed by atoms with Gasteiger partial charge in [-0.15, -0.1) is 0 Å². The highest BCUT2D eigenvalue weighted by atomic mass is 32.2. The molecule has 0 amide bonds. The Morgan fingerprint density at radius 3 is 2.73 bits per heavy atom. The van der Waals surface area contributed by atoms with Crippen LogP contribution < -0.4 is 5.73 Å². The summed E-state index contributed by atoms with van der Waals surface area (Å²) in [6.45, 7) is 5.84. The lowest BCUT2D eigenvalue weighted by Crippen LogP contribution is -2.16. The molecule has 0 unspecified atom stereocenters. The van der Waals surface area contributed by atoms with Crippen molar-refractivity contribution in [2.24, 2.45) is 10.7 Å². The van der Waals surface area contributed by atoms with E-state index in [0.717, 1.165) is 18.3 Å². The molecule has 3 N–H and O–H groups in total. The lowest BCUT2D eigenvalue weighted by Gasteiger charge is -2.05. The van der Waals surface area contributed by atoms with Crippen LogP contribution in [-0.4, -0.2) is 25.7 Å². The van der Waals surface area contributed by atoms with Crippen LogP contribution in [-0.2, 0) is 9.22 Å². The SMILES string of the molecule is C=C/C(SOOCC)=C(C=N)\C(N)=N/C. The quantitative estimate of drug-likeness (QED) is 0.132. The number of allylic oxidation sites excluding steroid dienone is 1. The molecule has 0 aliphatic carbocycles. The van der Waals surface area contributed by atoms with Gasteiger partial charge in [0.2, 0.25) is 0 Å². The molecule has 15 heavy (non-hydrogen) atoms. The molecule has 0 aromatic carbocycles. The Labute approximate surface area is 93.7 Å². The molecule has 0 saturated carbocycles. The Bertz CT molecular complexity index is 287. The van der Waals surface area contributed by atoms with E-state index in [1.165, 1.54) is 6.08 Å². The normalized spacial score (nSPS) is 13.3. The summed E-state index contributed by atoms with van der Waals surface area (Å²) in [6, 6.07) is 0. The van der Waals surface area contributed by atoms with Crippen molar-refractivity contribution >= 4 is 24.1 Å². The van der Waals surface area contributed by atoms with E-state index >= 15 is 0 Å². The second kappa shape index (κ2) is 8.22. The van der Waals surface area contributed by atoms with Gasteiger partial charge in [0.05, 0.1) is 23.6 Å². The molecule has 0 spiro atoms. The summed E-state index contributed by atoms with van der Waals surface area (Å²) in [5.74, 6) is 0.257. The van der Waals surface area contributed by atoms with Crippen LogP contribution in [0.25, 0.3) is 0 Å². The third kappa shape index (κ3) is 4.78. The number of aliphatic imine (C=N–C) groups is 1. The Morgan fingerprint density at radius 2 is 2.33 bits per heavy atom. The minimum atomic E-state index is 0.257. The zero-order chi connectivity index (χ0) is 11.7. The van der Waals surface area contributed by atoms with Crippen molar-refractivity contribution in [3.05, 3.63) is 23.1 Å². The van der Waals surface area contributed by atoms with Crippen molar-refractivity contribution in [2.75, 3.05) is 13.7 Å². The first-order chi connectivity index (χ1) is 7.21. The fourth-order valence-electron chi connectivity index (χ4n) is 0.689. The monoisotopic (exact) mass is 229 g/mol. The van der Waals surface area contributed by atoms with Crippen molar-refractivity contribution in [3.8, 4) is 0 Å². The van der Waals surface area contributed by atoms with Crippen molar-refractivity contribution in [1.82, 2.24) is 0 Å². The molecule has 6 heteroatoms. The zero-order valence-electron chi connectivity index (χ0n) is 8.82. The first kappa shape index (κ1) is 13.9. The number of amidine groups is 1. The van der Waals surface area contributed by atoms with Crippen molar-refractivity contribution in [1.29, 1.82) is 5.41 Å². The van der Waals surface area contributed by atoms with E-state index in [0.29, 0.717) is 17.1 Å². The smallest absolute Gasteiger partial charge is 0.128 e. The second-order valence-corrected chi connectivity index (χ2v) is 3.04. The van der Waals surface area contributed by atoms with E-state index in [1.807, 2.05) is 0 Å². The van der Waals surface area contributed by atoms with E-state index in [4.69, 9.17) is 20.4 Å². The van der Waals surface area contributed by atoms with Gasteiger partial charge >= 0.3 is 0 Å². The predicted octanol–water partition coefficient (Wildman–Crippen LogP) is 1.68. The minimum absolute atomic E-state index is 0.257. The molecule has 0 bridgehead atoms. The molecule has 5 nitrogen and oxygen atoms in total. The molecule has 0 heterocycles. The second-order valence-electron chi connectivity index (χ2n) is 2.29. The number of nitrogens with one attached hydrogen (secondary N) is 1. The van der Waals surface area contributed by atoms with Gasteiger partial charge < -0.3 is 11.1 Å². The molecule has 84 valence electrons. The standard InChI is InChI=1S/C9H15N3O2S/c1-4-8(15-14-13-5-2)7(6-10)9(11)12-3/h4,6,10H,1,5H2,2-3H3,(H2,11,12)/b8-7+,10-6?. The fourth-order valence-corrected chi connectivity index (χ4v) is 1.23. The third-order valence-electron chi connectivity index (χ3n) is 1.40. The molecule has 0 fully saturated rings. The Hall–Kier alpha value is -1.11. The van der Waals surface area contributed by atoms with E-state index in [1.54, 1.807) is 14.0 Å². The number of nitrogens with two attached hydrogens (primary N) is 1. The van der Waals surface area contributed by atoms with Crippen molar-refractivity contribution in [2.45, 2.75) is 6.92 Å². The lowest BCUT2D eigenvalue weighted by atomic mass is 10.2. The van der Waals surface area contributed by atoms with Crippen LogP contribution in [0.2, 0.25) is 0 Å². The average molecular weight is 229 g/mol. The number of nitrogens with zero attached hydrogens (tertiary/aromatic N) is 1. The van der Waals surface area contributed by atoms with Crippen LogP contribution >= 0.6 is 12.0 Å². The van der Waals surface area contributed by atoms with Gasteiger partial charge in [-0.1, -0.05) is 12.7 Å². The van der Waals surface area contributed by atoms with Gasteiger partial charge in [-0.05, 0) is 6.92 Å². The van der Waals surface area contributed by atoms with E-state index < -0.39 is 0 Å². The fraction of sp³-hybridized carbons (Fsp3) is 0.333. The van der Waals surface area contributed by atoms with Gasteiger partial charge in [-0.3, -0.25) is 4.99 Å². The molecule has 0 atom stereocenters. The highest BCUT2D eigenvalue weighted by Crippen LogP contribution is 2.21. The zero-order valence-corrected chi connectivity index (χ0v) is 9.63. The van der Waals surface area contributed by atoms with E-state index in [9.17, 15) is 0 Å². The summed E-state index contributed by atoms with van der Waals surface area (Å²) in [5.41, 5.74) is 6.05.